The Hall–Kier alpha value is -1.84. The molecule has 4 heteroatoms. The van der Waals surface area contributed by atoms with Crippen molar-refractivity contribution in [1.82, 2.24) is 9.80 Å². The van der Waals surface area contributed by atoms with Crippen LogP contribution < -0.4 is 0 Å². The van der Waals surface area contributed by atoms with Gasteiger partial charge in [-0.2, -0.15) is 0 Å². The average Bonchev–Trinajstić information content (AvgIpc) is 2.67. The van der Waals surface area contributed by atoms with Gasteiger partial charge in [-0.1, -0.05) is 24.3 Å². The zero-order chi connectivity index (χ0) is 18.5. The average molecular weight is 357 g/mol. The van der Waals surface area contributed by atoms with Gasteiger partial charge < -0.3 is 9.80 Å². The molecule has 26 heavy (non-hydrogen) atoms. The Morgan fingerprint density at radius 1 is 1.04 bits per heavy atom. The van der Waals surface area contributed by atoms with Crippen LogP contribution in [0.5, 0.6) is 0 Å². The van der Waals surface area contributed by atoms with E-state index in [2.05, 4.69) is 36.1 Å². The number of benzene rings is 1. The van der Waals surface area contributed by atoms with Gasteiger partial charge in [0.1, 0.15) is 0 Å². The molecule has 0 N–H and O–H groups in total. The van der Waals surface area contributed by atoms with Crippen molar-refractivity contribution in [3.63, 3.8) is 0 Å². The number of piperidine rings is 2. The van der Waals surface area contributed by atoms with E-state index in [-0.39, 0.29) is 11.8 Å². The Kier molecular flexibility index (Phi) is 6.33. The molecule has 0 bridgehead atoms. The van der Waals surface area contributed by atoms with Crippen molar-refractivity contribution in [2.45, 2.75) is 52.4 Å². The quantitative estimate of drug-likeness (QED) is 0.829. The minimum absolute atomic E-state index is 0.112. The van der Waals surface area contributed by atoms with Crippen molar-refractivity contribution < 1.29 is 9.59 Å². The number of likely N-dealkylation sites (tertiary alicyclic amines) is 2. The molecule has 0 aromatic heterocycles. The lowest BCUT2D eigenvalue weighted by atomic mass is 9.89. The number of hydrogen-bond acceptors (Lipinski definition) is 2. The van der Waals surface area contributed by atoms with Crippen LogP contribution in [-0.4, -0.2) is 47.8 Å². The van der Waals surface area contributed by atoms with Crippen molar-refractivity contribution >= 4 is 11.8 Å². The second-order valence-corrected chi connectivity index (χ2v) is 8.04. The number of rotatable bonds is 4. The highest BCUT2D eigenvalue weighted by atomic mass is 16.2. The third-order valence-electron chi connectivity index (χ3n) is 6.20. The van der Waals surface area contributed by atoms with Crippen LogP contribution in [-0.2, 0) is 16.0 Å². The smallest absolute Gasteiger partial charge is 0.225 e. The molecule has 1 aromatic carbocycles. The molecular formula is C22H32N2O2. The van der Waals surface area contributed by atoms with Gasteiger partial charge >= 0.3 is 0 Å². The third-order valence-corrected chi connectivity index (χ3v) is 6.20. The van der Waals surface area contributed by atoms with Gasteiger partial charge in [-0.05, 0) is 62.5 Å². The summed E-state index contributed by atoms with van der Waals surface area (Å²) in [7, 11) is 0. The van der Waals surface area contributed by atoms with Gasteiger partial charge in [0.2, 0.25) is 11.8 Å². The van der Waals surface area contributed by atoms with E-state index in [1.54, 1.807) is 6.92 Å². The Bertz CT molecular complexity index is 635. The first kappa shape index (κ1) is 18.9. The number of nitrogens with zero attached hydrogens (tertiary/aromatic N) is 2. The molecule has 2 fully saturated rings. The summed E-state index contributed by atoms with van der Waals surface area (Å²) in [6, 6.07) is 8.62. The number of amides is 2. The molecule has 0 aliphatic carbocycles. The van der Waals surface area contributed by atoms with E-state index in [1.165, 1.54) is 17.5 Å². The lowest BCUT2D eigenvalue weighted by Gasteiger charge is -2.37. The molecule has 0 spiro atoms. The summed E-state index contributed by atoms with van der Waals surface area (Å²) < 4.78 is 0. The maximum Gasteiger partial charge on any atom is 0.225 e. The zero-order valence-electron chi connectivity index (χ0n) is 16.2. The van der Waals surface area contributed by atoms with Crippen LogP contribution >= 0.6 is 0 Å². The molecule has 2 aliphatic heterocycles. The predicted molar refractivity (Wildman–Crippen MR) is 104 cm³/mol. The normalized spacial score (nSPS) is 21.7. The lowest BCUT2D eigenvalue weighted by Crippen LogP contribution is -2.47. The van der Waals surface area contributed by atoms with E-state index in [0.29, 0.717) is 11.8 Å². The fourth-order valence-electron chi connectivity index (χ4n) is 4.45. The summed E-state index contributed by atoms with van der Waals surface area (Å²) in [6.07, 6.45) is 6.27. The first-order chi connectivity index (χ1) is 12.5. The van der Waals surface area contributed by atoms with Crippen LogP contribution in [0.3, 0.4) is 0 Å². The van der Waals surface area contributed by atoms with E-state index in [0.717, 1.165) is 58.3 Å². The maximum atomic E-state index is 12.9. The summed E-state index contributed by atoms with van der Waals surface area (Å²) in [5.74, 6) is 1.18. The molecule has 2 saturated heterocycles. The monoisotopic (exact) mass is 356 g/mol. The summed E-state index contributed by atoms with van der Waals surface area (Å²) in [5.41, 5.74) is 2.81. The molecule has 142 valence electrons. The Morgan fingerprint density at radius 3 is 2.46 bits per heavy atom. The van der Waals surface area contributed by atoms with Gasteiger partial charge in [0.25, 0.3) is 0 Å². The molecule has 4 nitrogen and oxygen atoms in total. The Morgan fingerprint density at radius 2 is 1.77 bits per heavy atom. The first-order valence-electron chi connectivity index (χ1n) is 10.1. The zero-order valence-corrected chi connectivity index (χ0v) is 16.2. The van der Waals surface area contributed by atoms with Crippen LogP contribution in [0.2, 0.25) is 0 Å². The number of carbonyl (C=O) groups excluding carboxylic acids is 2. The molecule has 1 aromatic rings. The third kappa shape index (κ3) is 4.66. The number of carbonyl (C=O) groups is 2. The van der Waals surface area contributed by atoms with Crippen LogP contribution in [0.15, 0.2) is 24.3 Å². The minimum atomic E-state index is 0.112. The molecule has 2 amide bonds. The minimum Gasteiger partial charge on any atom is -0.343 e. The highest BCUT2D eigenvalue weighted by Crippen LogP contribution is 2.26. The van der Waals surface area contributed by atoms with Crippen molar-refractivity contribution in [3.05, 3.63) is 35.4 Å². The van der Waals surface area contributed by atoms with Crippen molar-refractivity contribution in [1.29, 1.82) is 0 Å². The molecule has 1 unspecified atom stereocenters. The topological polar surface area (TPSA) is 40.6 Å². The number of aryl methyl sites for hydroxylation is 2. The molecule has 0 saturated carbocycles. The predicted octanol–water partition coefficient (Wildman–Crippen LogP) is 3.42. The van der Waals surface area contributed by atoms with Crippen molar-refractivity contribution in [2.75, 3.05) is 26.2 Å². The van der Waals surface area contributed by atoms with E-state index in [9.17, 15) is 9.59 Å². The number of hydrogen-bond donors (Lipinski definition) is 0. The fraction of sp³-hybridized carbons (Fsp3) is 0.636. The van der Waals surface area contributed by atoms with Crippen LogP contribution in [0.1, 0.15) is 50.2 Å². The highest BCUT2D eigenvalue weighted by Gasteiger charge is 2.31. The molecule has 2 heterocycles. The maximum absolute atomic E-state index is 12.9. The Labute approximate surface area is 157 Å². The Balaban J connectivity index is 1.49. The summed E-state index contributed by atoms with van der Waals surface area (Å²) >= 11 is 0. The second kappa shape index (κ2) is 8.70. The summed E-state index contributed by atoms with van der Waals surface area (Å²) in [4.78, 5) is 28.4. The standard InChI is InChI=1S/C22H32N2O2/c1-17-6-3-4-8-20(17)10-9-19-7-5-13-24(16-19)22(26)21-11-14-23(15-12-21)18(2)25/h3-4,6,8,19,21H,5,7,9-16H2,1-2H3. The van der Waals surface area contributed by atoms with Gasteiger partial charge in [0.15, 0.2) is 0 Å². The molecule has 0 radical (unpaired) electrons. The fourth-order valence-corrected chi connectivity index (χ4v) is 4.45. The molecule has 2 aliphatic rings. The highest BCUT2D eigenvalue weighted by molar-refractivity contribution is 5.79. The summed E-state index contributed by atoms with van der Waals surface area (Å²) in [6.45, 7) is 7.09. The van der Waals surface area contributed by atoms with Crippen LogP contribution in [0.25, 0.3) is 0 Å². The van der Waals surface area contributed by atoms with Gasteiger partial charge in [-0.15, -0.1) is 0 Å². The summed E-state index contributed by atoms with van der Waals surface area (Å²) in [5, 5.41) is 0. The molecule has 1 atom stereocenters. The van der Waals surface area contributed by atoms with E-state index < -0.39 is 0 Å². The van der Waals surface area contributed by atoms with Gasteiger partial charge in [0, 0.05) is 39.0 Å². The van der Waals surface area contributed by atoms with E-state index in [4.69, 9.17) is 0 Å². The first-order valence-corrected chi connectivity index (χ1v) is 10.1. The van der Waals surface area contributed by atoms with Gasteiger partial charge in [-0.3, -0.25) is 9.59 Å². The second-order valence-electron chi connectivity index (χ2n) is 8.04. The largest absolute Gasteiger partial charge is 0.343 e. The van der Waals surface area contributed by atoms with Gasteiger partial charge in [0.05, 0.1) is 0 Å². The lowest BCUT2D eigenvalue weighted by molar-refractivity contribution is -0.141. The molecular weight excluding hydrogens is 324 g/mol. The van der Waals surface area contributed by atoms with Gasteiger partial charge in [-0.25, -0.2) is 0 Å². The van der Waals surface area contributed by atoms with E-state index in [1.807, 2.05) is 4.90 Å². The van der Waals surface area contributed by atoms with E-state index >= 15 is 0 Å². The van der Waals surface area contributed by atoms with Crippen LogP contribution in [0, 0.1) is 18.8 Å². The molecule has 3 rings (SSSR count). The van der Waals surface area contributed by atoms with Crippen molar-refractivity contribution in [3.8, 4) is 0 Å². The SMILES string of the molecule is CC(=O)N1CCC(C(=O)N2CCCC(CCc3ccccc3C)C2)CC1. The van der Waals surface area contributed by atoms with Crippen LogP contribution in [0.4, 0.5) is 0 Å². The van der Waals surface area contributed by atoms with Crippen molar-refractivity contribution in [2.24, 2.45) is 11.8 Å².